The minimum Gasteiger partial charge on any atom is -0.468 e. The van der Waals surface area contributed by atoms with Gasteiger partial charge in [0.2, 0.25) is 0 Å². The number of rotatable bonds is 7. The van der Waals surface area contributed by atoms with Crippen molar-refractivity contribution in [3.05, 3.63) is 59.7 Å². The molecule has 114 valence electrons. The van der Waals surface area contributed by atoms with Gasteiger partial charge in [-0.05, 0) is 48.9 Å². The average molecular weight is 297 g/mol. The van der Waals surface area contributed by atoms with Crippen molar-refractivity contribution < 1.29 is 14.2 Å². The molecular weight excluding hydrogens is 278 g/mol. The van der Waals surface area contributed by atoms with Crippen LogP contribution in [0.2, 0.25) is 0 Å². The molecule has 3 rings (SSSR count). The molecule has 2 aromatic rings. The maximum absolute atomic E-state index is 5.49. The Morgan fingerprint density at radius 1 is 1.14 bits per heavy atom. The van der Waals surface area contributed by atoms with Crippen LogP contribution in [0.25, 0.3) is 0 Å². The summed E-state index contributed by atoms with van der Waals surface area (Å²) in [4.78, 5) is 4.44. The maximum atomic E-state index is 5.49. The molecule has 0 spiro atoms. The summed E-state index contributed by atoms with van der Waals surface area (Å²) in [6.45, 7) is 3.71. The largest absolute Gasteiger partial charge is 0.468 e. The highest BCUT2D eigenvalue weighted by Gasteiger charge is 2.22. The first-order valence-corrected chi connectivity index (χ1v) is 7.32. The zero-order chi connectivity index (χ0) is 15.2. The lowest BCUT2D eigenvalue weighted by molar-refractivity contribution is 0.00821. The van der Waals surface area contributed by atoms with Gasteiger partial charge in [0.05, 0.1) is 18.9 Å². The lowest BCUT2D eigenvalue weighted by atomic mass is 10.2. The van der Waals surface area contributed by atoms with Gasteiger partial charge in [0, 0.05) is 6.21 Å². The van der Waals surface area contributed by atoms with E-state index in [2.05, 4.69) is 24.0 Å². The van der Waals surface area contributed by atoms with E-state index in [-0.39, 0.29) is 12.9 Å². The van der Waals surface area contributed by atoms with Gasteiger partial charge in [-0.1, -0.05) is 17.7 Å². The molecule has 1 saturated heterocycles. The van der Waals surface area contributed by atoms with Crippen LogP contribution in [0, 0.1) is 6.92 Å². The summed E-state index contributed by atoms with van der Waals surface area (Å²) in [6.07, 6.45) is 2.11. The number of epoxide rings is 1. The molecule has 2 aromatic carbocycles. The van der Waals surface area contributed by atoms with Gasteiger partial charge in [-0.15, -0.1) is 0 Å². The van der Waals surface area contributed by atoms with Crippen LogP contribution in [0.3, 0.4) is 0 Å². The summed E-state index contributed by atoms with van der Waals surface area (Å²) >= 11 is 0. The van der Waals surface area contributed by atoms with Crippen molar-refractivity contribution in [3.63, 3.8) is 0 Å². The summed E-state index contributed by atoms with van der Waals surface area (Å²) in [6, 6.07) is 15.9. The van der Waals surface area contributed by atoms with E-state index in [1.165, 1.54) is 5.56 Å². The first kappa shape index (κ1) is 14.8. The van der Waals surface area contributed by atoms with Crippen LogP contribution in [0.5, 0.6) is 5.75 Å². The van der Waals surface area contributed by atoms with Crippen LogP contribution < -0.4 is 4.74 Å². The SMILES string of the molecule is Cc1ccc(N=Cc2ccc(OCOCC3CO3)cc2)cc1. The molecule has 0 radical (unpaired) electrons. The molecule has 1 heterocycles. The summed E-state index contributed by atoms with van der Waals surface area (Å²) in [5.41, 5.74) is 3.21. The number of aryl methyl sites for hydroxylation is 1. The van der Waals surface area contributed by atoms with Gasteiger partial charge in [0.1, 0.15) is 11.9 Å². The molecule has 1 unspecified atom stereocenters. The second-order valence-corrected chi connectivity index (χ2v) is 5.25. The van der Waals surface area contributed by atoms with Crippen LogP contribution >= 0.6 is 0 Å². The Hall–Kier alpha value is -2.17. The number of aliphatic imine (C=N–C) groups is 1. The second kappa shape index (κ2) is 7.20. The molecule has 0 bridgehead atoms. The predicted octanol–water partition coefficient (Wildman–Crippen LogP) is 3.50. The molecule has 1 fully saturated rings. The number of benzene rings is 2. The molecule has 0 aromatic heterocycles. The molecule has 0 amide bonds. The molecule has 1 aliphatic heterocycles. The second-order valence-electron chi connectivity index (χ2n) is 5.25. The zero-order valence-electron chi connectivity index (χ0n) is 12.6. The molecule has 1 aliphatic rings. The summed E-state index contributed by atoms with van der Waals surface area (Å²) in [5.74, 6) is 0.782. The van der Waals surface area contributed by atoms with E-state index in [4.69, 9.17) is 14.2 Å². The summed E-state index contributed by atoms with van der Waals surface area (Å²) < 4.78 is 15.9. The number of hydrogen-bond acceptors (Lipinski definition) is 4. The number of ether oxygens (including phenoxy) is 3. The van der Waals surface area contributed by atoms with E-state index in [1.54, 1.807) is 0 Å². The first-order chi connectivity index (χ1) is 10.8. The predicted molar refractivity (Wildman–Crippen MR) is 86.1 cm³/mol. The van der Waals surface area contributed by atoms with Gasteiger partial charge >= 0.3 is 0 Å². The van der Waals surface area contributed by atoms with Crippen molar-refractivity contribution in [2.75, 3.05) is 20.0 Å². The summed E-state index contributed by atoms with van der Waals surface area (Å²) in [7, 11) is 0. The fraction of sp³-hybridized carbons (Fsp3) is 0.278. The Labute approximate surface area is 130 Å². The van der Waals surface area contributed by atoms with Crippen LogP contribution in [0.4, 0.5) is 5.69 Å². The third-order valence-electron chi connectivity index (χ3n) is 3.29. The van der Waals surface area contributed by atoms with Crippen molar-refractivity contribution in [2.45, 2.75) is 13.0 Å². The highest BCUT2D eigenvalue weighted by molar-refractivity contribution is 5.82. The zero-order valence-corrected chi connectivity index (χ0v) is 12.6. The van der Waals surface area contributed by atoms with Crippen molar-refractivity contribution in [1.29, 1.82) is 0 Å². The normalized spacial score (nSPS) is 16.9. The Balaban J connectivity index is 1.48. The fourth-order valence-electron chi connectivity index (χ4n) is 1.88. The van der Waals surface area contributed by atoms with E-state index in [0.29, 0.717) is 6.61 Å². The van der Waals surface area contributed by atoms with Crippen molar-refractivity contribution in [1.82, 2.24) is 0 Å². The van der Waals surface area contributed by atoms with Crippen molar-refractivity contribution >= 4 is 11.9 Å². The molecule has 0 saturated carbocycles. The average Bonchev–Trinajstić information content (AvgIpc) is 3.36. The van der Waals surface area contributed by atoms with Gasteiger partial charge in [-0.2, -0.15) is 0 Å². The summed E-state index contributed by atoms with van der Waals surface area (Å²) in [5, 5.41) is 0. The van der Waals surface area contributed by atoms with Gasteiger partial charge in [0.15, 0.2) is 6.79 Å². The van der Waals surface area contributed by atoms with Crippen LogP contribution in [0.1, 0.15) is 11.1 Å². The van der Waals surface area contributed by atoms with E-state index < -0.39 is 0 Å². The monoisotopic (exact) mass is 297 g/mol. The van der Waals surface area contributed by atoms with E-state index in [9.17, 15) is 0 Å². The third-order valence-corrected chi connectivity index (χ3v) is 3.29. The Bertz CT molecular complexity index is 616. The van der Waals surface area contributed by atoms with Crippen LogP contribution in [0.15, 0.2) is 53.5 Å². The van der Waals surface area contributed by atoms with Crippen LogP contribution in [-0.2, 0) is 9.47 Å². The standard InChI is InChI=1S/C18H19NO3/c1-14-2-6-16(7-3-14)19-10-15-4-8-17(9-5-15)22-13-20-11-18-12-21-18/h2-10,18H,11-13H2,1H3. The molecule has 4 heteroatoms. The number of hydrogen-bond donors (Lipinski definition) is 0. The maximum Gasteiger partial charge on any atom is 0.189 e. The fourth-order valence-corrected chi connectivity index (χ4v) is 1.88. The van der Waals surface area contributed by atoms with Gasteiger partial charge in [-0.3, -0.25) is 4.99 Å². The molecule has 0 aliphatic carbocycles. The molecule has 4 nitrogen and oxygen atoms in total. The lowest BCUT2D eigenvalue weighted by Gasteiger charge is -2.06. The van der Waals surface area contributed by atoms with Gasteiger partial charge in [0.25, 0.3) is 0 Å². The third kappa shape index (κ3) is 4.69. The van der Waals surface area contributed by atoms with Crippen molar-refractivity contribution in [2.24, 2.45) is 4.99 Å². The molecule has 1 atom stereocenters. The first-order valence-electron chi connectivity index (χ1n) is 7.32. The molecule has 22 heavy (non-hydrogen) atoms. The van der Waals surface area contributed by atoms with E-state index >= 15 is 0 Å². The Morgan fingerprint density at radius 2 is 1.86 bits per heavy atom. The van der Waals surface area contributed by atoms with Crippen LogP contribution in [-0.4, -0.2) is 32.3 Å². The highest BCUT2D eigenvalue weighted by Crippen LogP contribution is 2.15. The molecule has 0 N–H and O–H groups in total. The minimum atomic E-state index is 0.247. The topological polar surface area (TPSA) is 43.4 Å². The van der Waals surface area contributed by atoms with E-state index in [1.807, 2.05) is 42.6 Å². The minimum absolute atomic E-state index is 0.247. The highest BCUT2D eigenvalue weighted by atomic mass is 16.7. The Kier molecular flexibility index (Phi) is 4.83. The van der Waals surface area contributed by atoms with E-state index in [0.717, 1.165) is 23.6 Å². The molecular formula is C18H19NO3. The van der Waals surface area contributed by atoms with Gasteiger partial charge < -0.3 is 14.2 Å². The smallest absolute Gasteiger partial charge is 0.189 e. The quantitative estimate of drug-likeness (QED) is 0.340. The van der Waals surface area contributed by atoms with Crippen molar-refractivity contribution in [3.8, 4) is 5.75 Å². The Morgan fingerprint density at radius 3 is 2.55 bits per heavy atom. The number of nitrogens with zero attached hydrogens (tertiary/aromatic N) is 1. The van der Waals surface area contributed by atoms with Gasteiger partial charge in [-0.25, -0.2) is 0 Å². The lowest BCUT2D eigenvalue weighted by Crippen LogP contribution is -2.07.